The molecule has 2 aromatic carbocycles. The number of hydrogen-bond acceptors (Lipinski definition) is 5. The number of amides is 1. The van der Waals surface area contributed by atoms with E-state index in [0.717, 1.165) is 16.1 Å². The molecule has 1 aromatic heterocycles. The summed E-state index contributed by atoms with van der Waals surface area (Å²) < 4.78 is 6.09. The molecule has 0 saturated heterocycles. The van der Waals surface area contributed by atoms with Crippen molar-refractivity contribution in [2.24, 2.45) is 0 Å². The van der Waals surface area contributed by atoms with Gasteiger partial charge in [0.05, 0.1) is 17.4 Å². The van der Waals surface area contributed by atoms with Crippen molar-refractivity contribution in [3.63, 3.8) is 0 Å². The second-order valence-electron chi connectivity index (χ2n) is 6.02. The van der Waals surface area contributed by atoms with Crippen LogP contribution >= 0.6 is 15.9 Å². The molecule has 0 fully saturated rings. The Balaban J connectivity index is 1.94. The van der Waals surface area contributed by atoms with Crippen LogP contribution in [0.2, 0.25) is 0 Å². The normalized spacial score (nSPS) is 10.9. The Labute approximate surface area is 157 Å². The Kier molecular flexibility index (Phi) is 4.73. The molecule has 0 bridgehead atoms. The lowest BCUT2D eigenvalue weighted by Gasteiger charge is -2.10. The first-order chi connectivity index (χ1) is 12.3. The zero-order chi connectivity index (χ0) is 19.0. The quantitative estimate of drug-likeness (QED) is 0.563. The molecule has 0 atom stereocenters. The van der Waals surface area contributed by atoms with E-state index in [0.29, 0.717) is 16.6 Å². The molecule has 0 aliphatic rings. The fourth-order valence-corrected chi connectivity index (χ4v) is 3.05. The van der Waals surface area contributed by atoms with Gasteiger partial charge >= 0.3 is 5.63 Å². The average molecular weight is 418 g/mol. The van der Waals surface area contributed by atoms with Crippen LogP contribution in [-0.4, -0.2) is 16.1 Å². The van der Waals surface area contributed by atoms with Crippen molar-refractivity contribution in [3.05, 3.63) is 61.9 Å². The van der Waals surface area contributed by atoms with Gasteiger partial charge in [-0.15, -0.1) is 0 Å². The summed E-state index contributed by atoms with van der Waals surface area (Å²) in [5.74, 6) is -0.806. The number of fused-ring (bicyclic) bond motifs is 1. The van der Waals surface area contributed by atoms with Crippen LogP contribution in [0.3, 0.4) is 0 Å². The Morgan fingerprint density at radius 1 is 1.19 bits per heavy atom. The highest BCUT2D eigenvalue weighted by Crippen LogP contribution is 2.32. The van der Waals surface area contributed by atoms with E-state index >= 15 is 0 Å². The first kappa shape index (κ1) is 18.0. The topological polar surface area (TPSA) is 99.8 Å². The lowest BCUT2D eigenvalue weighted by Crippen LogP contribution is -2.20. The van der Waals surface area contributed by atoms with Gasteiger partial charge in [0.15, 0.2) is 0 Å². The summed E-state index contributed by atoms with van der Waals surface area (Å²) in [5.41, 5.74) is 1.57. The summed E-state index contributed by atoms with van der Waals surface area (Å²) in [6.45, 7) is 3.53. The number of carbonyl (C=O) groups is 1. The van der Waals surface area contributed by atoms with E-state index in [9.17, 15) is 19.8 Å². The minimum Gasteiger partial charge on any atom is -0.508 e. The van der Waals surface area contributed by atoms with Crippen LogP contribution in [0, 0.1) is 13.8 Å². The Morgan fingerprint density at radius 3 is 2.62 bits per heavy atom. The number of benzene rings is 2. The molecule has 134 valence electrons. The molecule has 0 unspecified atom stereocenters. The third-order valence-electron chi connectivity index (χ3n) is 4.12. The number of rotatable bonds is 3. The molecule has 1 amide bonds. The van der Waals surface area contributed by atoms with Crippen molar-refractivity contribution < 1.29 is 19.4 Å². The fraction of sp³-hybridized carbons (Fsp3) is 0.158. The largest absolute Gasteiger partial charge is 0.508 e. The van der Waals surface area contributed by atoms with Gasteiger partial charge < -0.3 is 19.9 Å². The van der Waals surface area contributed by atoms with E-state index in [4.69, 9.17) is 4.42 Å². The molecule has 26 heavy (non-hydrogen) atoms. The highest BCUT2D eigenvalue weighted by atomic mass is 79.9. The molecule has 7 heteroatoms. The van der Waals surface area contributed by atoms with Crippen molar-refractivity contribution in [3.8, 4) is 11.5 Å². The monoisotopic (exact) mass is 417 g/mol. The Hall–Kier alpha value is -2.80. The molecule has 0 aliphatic heterocycles. The number of hydrogen-bond donors (Lipinski definition) is 3. The number of anilines is 1. The molecular formula is C19H16BrNO5. The fourth-order valence-electron chi connectivity index (χ4n) is 2.80. The van der Waals surface area contributed by atoms with Crippen molar-refractivity contribution >= 4 is 38.5 Å². The minimum atomic E-state index is -0.679. The van der Waals surface area contributed by atoms with Gasteiger partial charge in [0.2, 0.25) is 5.91 Å². The standard InChI is InChI=1S/C19H16BrNO5/c1-9-5-11(3-4-14(9)20)21-17(24)8-13-10(2)18-15(23)6-12(22)7-16(18)26-19(13)25/h3-7,22-23H,8H2,1-2H3,(H,21,24). The van der Waals surface area contributed by atoms with E-state index in [1.807, 2.05) is 19.1 Å². The Bertz CT molecular complexity index is 1090. The summed E-state index contributed by atoms with van der Waals surface area (Å²) in [4.78, 5) is 24.6. The van der Waals surface area contributed by atoms with Crippen LogP contribution < -0.4 is 10.9 Å². The van der Waals surface area contributed by atoms with E-state index < -0.39 is 5.63 Å². The number of phenolic OH excluding ortho intramolecular Hbond substituents is 2. The van der Waals surface area contributed by atoms with Crippen LogP contribution in [0.25, 0.3) is 11.0 Å². The maximum atomic E-state index is 12.4. The first-order valence-electron chi connectivity index (χ1n) is 7.80. The Morgan fingerprint density at radius 2 is 1.92 bits per heavy atom. The minimum absolute atomic E-state index is 0.0673. The molecular weight excluding hydrogens is 402 g/mol. The number of nitrogens with one attached hydrogen (secondary N) is 1. The van der Waals surface area contributed by atoms with Gasteiger partial charge in [0.1, 0.15) is 17.1 Å². The summed E-state index contributed by atoms with van der Waals surface area (Å²) in [7, 11) is 0. The third kappa shape index (κ3) is 3.43. The van der Waals surface area contributed by atoms with E-state index in [-0.39, 0.29) is 35.0 Å². The summed E-state index contributed by atoms with van der Waals surface area (Å²) >= 11 is 3.40. The van der Waals surface area contributed by atoms with E-state index in [2.05, 4.69) is 21.2 Å². The summed E-state index contributed by atoms with van der Waals surface area (Å²) in [6, 6.07) is 7.79. The molecule has 1 heterocycles. The first-order valence-corrected chi connectivity index (χ1v) is 8.60. The van der Waals surface area contributed by atoms with Gasteiger partial charge in [-0.25, -0.2) is 4.79 Å². The van der Waals surface area contributed by atoms with Gasteiger partial charge in [-0.3, -0.25) is 4.79 Å². The van der Waals surface area contributed by atoms with Crippen LogP contribution in [0.1, 0.15) is 16.7 Å². The zero-order valence-corrected chi connectivity index (χ0v) is 15.7. The van der Waals surface area contributed by atoms with Crippen LogP contribution in [-0.2, 0) is 11.2 Å². The molecule has 0 radical (unpaired) electrons. The molecule has 0 spiro atoms. The molecule has 3 rings (SSSR count). The number of aryl methyl sites for hydroxylation is 2. The number of phenols is 2. The van der Waals surface area contributed by atoms with Crippen molar-refractivity contribution in [2.45, 2.75) is 20.3 Å². The number of carbonyl (C=O) groups excluding carboxylic acids is 1. The SMILES string of the molecule is Cc1cc(NC(=O)Cc2c(C)c3c(O)cc(O)cc3oc2=O)ccc1Br. The van der Waals surface area contributed by atoms with E-state index in [1.165, 1.54) is 6.07 Å². The maximum Gasteiger partial charge on any atom is 0.340 e. The van der Waals surface area contributed by atoms with Crippen molar-refractivity contribution in [1.29, 1.82) is 0 Å². The number of aromatic hydroxyl groups is 2. The smallest absolute Gasteiger partial charge is 0.340 e. The lowest BCUT2D eigenvalue weighted by molar-refractivity contribution is -0.115. The van der Waals surface area contributed by atoms with E-state index in [1.54, 1.807) is 13.0 Å². The second-order valence-corrected chi connectivity index (χ2v) is 6.87. The highest BCUT2D eigenvalue weighted by Gasteiger charge is 2.18. The van der Waals surface area contributed by atoms with Gasteiger partial charge in [-0.05, 0) is 43.2 Å². The predicted molar refractivity (Wildman–Crippen MR) is 102 cm³/mol. The van der Waals surface area contributed by atoms with Gasteiger partial charge in [0, 0.05) is 22.3 Å². The predicted octanol–water partition coefficient (Wildman–Crippen LogP) is 3.76. The summed E-state index contributed by atoms with van der Waals surface area (Å²) in [5, 5.41) is 22.6. The molecule has 3 N–H and O–H groups in total. The zero-order valence-electron chi connectivity index (χ0n) is 14.1. The molecule has 0 saturated carbocycles. The summed E-state index contributed by atoms with van der Waals surface area (Å²) in [6.07, 6.45) is -0.195. The molecule has 3 aromatic rings. The van der Waals surface area contributed by atoms with Gasteiger partial charge in [-0.1, -0.05) is 15.9 Å². The van der Waals surface area contributed by atoms with Crippen molar-refractivity contribution in [1.82, 2.24) is 0 Å². The van der Waals surface area contributed by atoms with Gasteiger partial charge in [0.25, 0.3) is 0 Å². The second kappa shape index (κ2) is 6.84. The van der Waals surface area contributed by atoms with Crippen LogP contribution in [0.4, 0.5) is 5.69 Å². The van der Waals surface area contributed by atoms with Gasteiger partial charge in [-0.2, -0.15) is 0 Å². The van der Waals surface area contributed by atoms with Crippen LogP contribution in [0.5, 0.6) is 11.5 Å². The average Bonchev–Trinajstić information content (AvgIpc) is 2.54. The third-order valence-corrected chi connectivity index (χ3v) is 5.01. The lowest BCUT2D eigenvalue weighted by atomic mass is 10.0. The number of halogens is 1. The highest BCUT2D eigenvalue weighted by molar-refractivity contribution is 9.10. The van der Waals surface area contributed by atoms with Crippen molar-refractivity contribution in [2.75, 3.05) is 5.32 Å². The maximum absolute atomic E-state index is 12.4. The molecule has 0 aliphatic carbocycles. The van der Waals surface area contributed by atoms with Crippen LogP contribution in [0.15, 0.2) is 44.0 Å². The molecule has 6 nitrogen and oxygen atoms in total.